The summed E-state index contributed by atoms with van der Waals surface area (Å²) in [4.78, 5) is 28.5. The first-order valence-corrected chi connectivity index (χ1v) is 8.28. The number of rotatable bonds is 8. The predicted octanol–water partition coefficient (Wildman–Crippen LogP) is 1.35. The standard InChI is InChI=1S/C18H27N3O2/c1-4-21(13-14-8-6-5-7-9-14)18(23)16-12-15(16)17(22)19-10-11-20(2)3/h5-9,15-16H,4,10-13H2,1-3H3,(H,19,22). The van der Waals surface area contributed by atoms with E-state index in [1.165, 1.54) is 0 Å². The summed E-state index contributed by atoms with van der Waals surface area (Å²) in [6.07, 6.45) is 0.678. The minimum absolute atomic E-state index is 0.0148. The van der Waals surface area contributed by atoms with Gasteiger partial charge >= 0.3 is 0 Å². The molecule has 0 saturated heterocycles. The highest BCUT2D eigenvalue weighted by atomic mass is 16.2. The summed E-state index contributed by atoms with van der Waals surface area (Å²) in [6.45, 7) is 4.70. The molecule has 0 aliphatic heterocycles. The molecule has 1 aromatic carbocycles. The molecule has 1 N–H and O–H groups in total. The lowest BCUT2D eigenvalue weighted by Crippen LogP contribution is -2.35. The number of nitrogens with zero attached hydrogens (tertiary/aromatic N) is 2. The van der Waals surface area contributed by atoms with Crippen LogP contribution in [0.5, 0.6) is 0 Å². The zero-order valence-electron chi connectivity index (χ0n) is 14.3. The van der Waals surface area contributed by atoms with Crippen molar-refractivity contribution in [1.29, 1.82) is 0 Å². The van der Waals surface area contributed by atoms with Gasteiger partial charge in [-0.1, -0.05) is 30.3 Å². The molecule has 0 bridgehead atoms. The predicted molar refractivity (Wildman–Crippen MR) is 90.7 cm³/mol. The van der Waals surface area contributed by atoms with Crippen molar-refractivity contribution in [3.8, 4) is 0 Å². The summed E-state index contributed by atoms with van der Waals surface area (Å²) in [5, 5.41) is 2.92. The monoisotopic (exact) mass is 317 g/mol. The van der Waals surface area contributed by atoms with Crippen molar-refractivity contribution in [2.75, 3.05) is 33.7 Å². The van der Waals surface area contributed by atoms with Crippen molar-refractivity contribution in [1.82, 2.24) is 15.1 Å². The van der Waals surface area contributed by atoms with Crippen LogP contribution in [0.4, 0.5) is 0 Å². The average molecular weight is 317 g/mol. The molecular formula is C18H27N3O2. The number of nitrogens with one attached hydrogen (secondary N) is 1. The summed E-state index contributed by atoms with van der Waals surface area (Å²) in [5.41, 5.74) is 1.12. The van der Waals surface area contributed by atoms with Gasteiger partial charge in [0, 0.05) is 26.2 Å². The molecule has 0 spiro atoms. The van der Waals surface area contributed by atoms with Crippen molar-refractivity contribution in [2.24, 2.45) is 11.8 Å². The minimum atomic E-state index is -0.144. The fourth-order valence-electron chi connectivity index (χ4n) is 2.68. The van der Waals surface area contributed by atoms with Gasteiger partial charge in [-0.2, -0.15) is 0 Å². The van der Waals surface area contributed by atoms with Gasteiger partial charge in [0.15, 0.2) is 0 Å². The maximum absolute atomic E-state index is 12.6. The van der Waals surface area contributed by atoms with Crippen molar-refractivity contribution < 1.29 is 9.59 Å². The molecule has 23 heavy (non-hydrogen) atoms. The lowest BCUT2D eigenvalue weighted by molar-refractivity contribution is -0.135. The second kappa shape index (κ2) is 8.11. The highest BCUT2D eigenvalue weighted by Gasteiger charge is 2.49. The van der Waals surface area contributed by atoms with Crippen LogP contribution in [0.1, 0.15) is 18.9 Å². The molecular weight excluding hydrogens is 290 g/mol. The highest BCUT2D eigenvalue weighted by molar-refractivity contribution is 5.92. The van der Waals surface area contributed by atoms with Crippen LogP contribution in [0.15, 0.2) is 30.3 Å². The Kier molecular flexibility index (Phi) is 6.16. The molecule has 1 saturated carbocycles. The molecule has 2 rings (SSSR count). The SMILES string of the molecule is CCN(Cc1ccccc1)C(=O)C1CC1C(=O)NCCN(C)C. The van der Waals surface area contributed by atoms with Gasteiger partial charge in [-0.05, 0) is 33.0 Å². The molecule has 2 amide bonds. The Morgan fingerprint density at radius 2 is 1.87 bits per heavy atom. The quantitative estimate of drug-likeness (QED) is 0.787. The Balaban J connectivity index is 1.82. The van der Waals surface area contributed by atoms with E-state index in [4.69, 9.17) is 0 Å². The van der Waals surface area contributed by atoms with E-state index in [2.05, 4.69) is 5.32 Å². The molecule has 126 valence electrons. The van der Waals surface area contributed by atoms with E-state index in [0.717, 1.165) is 12.1 Å². The number of likely N-dealkylation sites (N-methyl/N-ethyl adjacent to an activating group) is 1. The van der Waals surface area contributed by atoms with Crippen LogP contribution in [-0.2, 0) is 16.1 Å². The van der Waals surface area contributed by atoms with Crippen LogP contribution in [0, 0.1) is 11.8 Å². The van der Waals surface area contributed by atoms with Crippen LogP contribution in [0.2, 0.25) is 0 Å². The van der Waals surface area contributed by atoms with Gasteiger partial charge in [-0.25, -0.2) is 0 Å². The fraction of sp³-hybridized carbons (Fsp3) is 0.556. The molecule has 2 atom stereocenters. The van der Waals surface area contributed by atoms with Crippen LogP contribution in [0.25, 0.3) is 0 Å². The highest BCUT2D eigenvalue weighted by Crippen LogP contribution is 2.40. The van der Waals surface area contributed by atoms with E-state index in [0.29, 0.717) is 26.1 Å². The normalized spacial score (nSPS) is 19.5. The van der Waals surface area contributed by atoms with Crippen molar-refractivity contribution >= 4 is 11.8 Å². The van der Waals surface area contributed by atoms with E-state index in [-0.39, 0.29) is 23.7 Å². The molecule has 2 unspecified atom stereocenters. The van der Waals surface area contributed by atoms with E-state index in [9.17, 15) is 9.59 Å². The maximum atomic E-state index is 12.6. The first kappa shape index (κ1) is 17.5. The average Bonchev–Trinajstić information content (AvgIpc) is 3.33. The van der Waals surface area contributed by atoms with Crippen molar-refractivity contribution in [2.45, 2.75) is 19.9 Å². The summed E-state index contributed by atoms with van der Waals surface area (Å²) >= 11 is 0. The number of carbonyl (C=O) groups excluding carboxylic acids is 2. The van der Waals surface area contributed by atoms with Gasteiger partial charge in [-0.3, -0.25) is 9.59 Å². The first-order valence-electron chi connectivity index (χ1n) is 8.28. The van der Waals surface area contributed by atoms with Gasteiger partial charge in [0.05, 0.1) is 11.8 Å². The maximum Gasteiger partial charge on any atom is 0.226 e. The smallest absolute Gasteiger partial charge is 0.226 e. The Morgan fingerprint density at radius 3 is 2.48 bits per heavy atom. The summed E-state index contributed by atoms with van der Waals surface area (Å²) in [5.74, 6) is -0.169. The second-order valence-electron chi connectivity index (χ2n) is 6.38. The number of hydrogen-bond acceptors (Lipinski definition) is 3. The zero-order valence-corrected chi connectivity index (χ0v) is 14.3. The van der Waals surface area contributed by atoms with Crippen molar-refractivity contribution in [3.63, 3.8) is 0 Å². The first-order chi connectivity index (χ1) is 11.0. The number of carbonyl (C=O) groups is 2. The third kappa shape index (κ3) is 5.06. The van der Waals surface area contributed by atoms with Crippen molar-refractivity contribution in [3.05, 3.63) is 35.9 Å². The molecule has 1 aliphatic rings. The molecule has 0 heterocycles. The molecule has 0 aromatic heterocycles. The third-order valence-corrected chi connectivity index (χ3v) is 4.21. The van der Waals surface area contributed by atoms with Crippen LogP contribution < -0.4 is 5.32 Å². The Hall–Kier alpha value is -1.88. The van der Waals surface area contributed by atoms with Gasteiger partial charge in [0.1, 0.15) is 0 Å². The van der Waals surface area contributed by atoms with E-state index in [1.54, 1.807) is 0 Å². The summed E-state index contributed by atoms with van der Waals surface area (Å²) < 4.78 is 0. The van der Waals surface area contributed by atoms with E-state index < -0.39 is 0 Å². The molecule has 5 nitrogen and oxygen atoms in total. The Bertz CT molecular complexity index is 530. The topological polar surface area (TPSA) is 52.7 Å². The number of amides is 2. The largest absolute Gasteiger partial charge is 0.355 e. The summed E-state index contributed by atoms with van der Waals surface area (Å²) in [6, 6.07) is 9.97. The van der Waals surface area contributed by atoms with Gasteiger partial charge in [-0.15, -0.1) is 0 Å². The zero-order chi connectivity index (χ0) is 16.8. The van der Waals surface area contributed by atoms with Gasteiger partial charge in [0.25, 0.3) is 0 Å². The lowest BCUT2D eigenvalue weighted by atomic mass is 10.2. The lowest BCUT2D eigenvalue weighted by Gasteiger charge is -2.21. The van der Waals surface area contributed by atoms with Crippen LogP contribution in [0.3, 0.4) is 0 Å². The van der Waals surface area contributed by atoms with Gasteiger partial charge < -0.3 is 15.1 Å². The van der Waals surface area contributed by atoms with Crippen LogP contribution in [-0.4, -0.2) is 55.3 Å². The number of benzene rings is 1. The molecule has 0 radical (unpaired) electrons. The molecule has 1 aromatic rings. The summed E-state index contributed by atoms with van der Waals surface area (Å²) in [7, 11) is 3.94. The van der Waals surface area contributed by atoms with E-state index >= 15 is 0 Å². The molecule has 5 heteroatoms. The fourth-order valence-corrected chi connectivity index (χ4v) is 2.68. The van der Waals surface area contributed by atoms with E-state index in [1.807, 2.05) is 61.2 Å². The molecule has 1 fully saturated rings. The second-order valence-corrected chi connectivity index (χ2v) is 6.38. The van der Waals surface area contributed by atoms with Gasteiger partial charge in [0.2, 0.25) is 11.8 Å². The Morgan fingerprint density at radius 1 is 1.17 bits per heavy atom. The third-order valence-electron chi connectivity index (χ3n) is 4.21. The minimum Gasteiger partial charge on any atom is -0.355 e. The number of hydrogen-bond donors (Lipinski definition) is 1. The van der Waals surface area contributed by atoms with Crippen LogP contribution >= 0.6 is 0 Å². The molecule has 1 aliphatic carbocycles. The Labute approximate surface area is 138 Å².